The molecule has 0 saturated heterocycles. The largest absolute Gasteiger partial charge is 0.497 e. The van der Waals surface area contributed by atoms with Crippen LogP contribution < -0.4 is 10.1 Å². The molecule has 18 heavy (non-hydrogen) atoms. The van der Waals surface area contributed by atoms with Gasteiger partial charge in [-0.05, 0) is 6.92 Å². The van der Waals surface area contributed by atoms with Crippen LogP contribution in [-0.2, 0) is 6.54 Å². The first-order valence-corrected chi connectivity index (χ1v) is 5.30. The van der Waals surface area contributed by atoms with Crippen LogP contribution in [0.4, 0.5) is 13.2 Å². The molecule has 2 N–H and O–H groups in total. The molecular formula is C11H15F3N2O2. The Balaban J connectivity index is 2.51. The van der Waals surface area contributed by atoms with Crippen molar-refractivity contribution < 1.29 is 23.0 Å². The van der Waals surface area contributed by atoms with E-state index >= 15 is 0 Å². The predicted octanol–water partition coefficient (Wildman–Crippen LogP) is 1.41. The molecule has 1 rings (SSSR count). The molecule has 0 spiro atoms. The number of aliphatic hydroxyl groups excluding tert-OH is 1. The molecule has 0 fully saturated rings. The zero-order chi connectivity index (χ0) is 13.8. The minimum absolute atomic E-state index is 0.130. The summed E-state index contributed by atoms with van der Waals surface area (Å²) in [6, 6.07) is 3.34. The van der Waals surface area contributed by atoms with Crippen LogP contribution in [0, 0.1) is 6.92 Å². The first-order valence-electron chi connectivity index (χ1n) is 5.30. The van der Waals surface area contributed by atoms with Crippen LogP contribution in [-0.4, -0.2) is 36.0 Å². The Bertz CT molecular complexity index is 396. The molecule has 4 nitrogen and oxygen atoms in total. The Morgan fingerprint density at radius 2 is 2.11 bits per heavy atom. The van der Waals surface area contributed by atoms with Gasteiger partial charge in [0.05, 0.1) is 12.8 Å². The van der Waals surface area contributed by atoms with Crippen molar-refractivity contribution in [1.29, 1.82) is 0 Å². The number of aryl methyl sites for hydroxylation is 1. The van der Waals surface area contributed by atoms with Crippen LogP contribution in [0.5, 0.6) is 5.75 Å². The molecule has 0 amide bonds. The first-order chi connectivity index (χ1) is 8.32. The van der Waals surface area contributed by atoms with E-state index in [1.807, 2.05) is 0 Å². The molecule has 1 heterocycles. The van der Waals surface area contributed by atoms with E-state index in [9.17, 15) is 13.2 Å². The number of aliphatic hydroxyl groups is 1. The SMILES string of the molecule is COc1cc(C)nc(CNCC(O)C(F)(F)F)c1. The lowest BCUT2D eigenvalue weighted by atomic mass is 10.2. The summed E-state index contributed by atoms with van der Waals surface area (Å²) >= 11 is 0. The summed E-state index contributed by atoms with van der Waals surface area (Å²) in [6.45, 7) is 1.32. The highest BCUT2D eigenvalue weighted by Gasteiger charge is 2.37. The number of hydrogen-bond donors (Lipinski definition) is 2. The maximum absolute atomic E-state index is 12.0. The van der Waals surface area contributed by atoms with Gasteiger partial charge < -0.3 is 15.2 Å². The van der Waals surface area contributed by atoms with Crippen LogP contribution >= 0.6 is 0 Å². The maximum atomic E-state index is 12.0. The fourth-order valence-corrected chi connectivity index (χ4v) is 1.36. The number of ether oxygens (including phenoxy) is 1. The highest BCUT2D eigenvalue weighted by atomic mass is 19.4. The minimum atomic E-state index is -4.61. The molecule has 0 radical (unpaired) electrons. The van der Waals surface area contributed by atoms with Crippen LogP contribution in [0.3, 0.4) is 0 Å². The second kappa shape index (κ2) is 6.01. The Hall–Kier alpha value is -1.34. The van der Waals surface area contributed by atoms with Crippen molar-refractivity contribution in [2.75, 3.05) is 13.7 Å². The molecule has 1 unspecified atom stereocenters. The van der Waals surface area contributed by atoms with E-state index in [0.29, 0.717) is 17.1 Å². The van der Waals surface area contributed by atoms with Crippen LogP contribution in [0.2, 0.25) is 0 Å². The molecule has 0 bridgehead atoms. The highest BCUT2D eigenvalue weighted by molar-refractivity contribution is 5.26. The molecular weight excluding hydrogens is 249 g/mol. The summed E-state index contributed by atoms with van der Waals surface area (Å²) in [5, 5.41) is 11.3. The third-order valence-corrected chi connectivity index (χ3v) is 2.24. The third-order valence-electron chi connectivity index (χ3n) is 2.24. The van der Waals surface area contributed by atoms with Crippen molar-refractivity contribution >= 4 is 0 Å². The topological polar surface area (TPSA) is 54.4 Å². The summed E-state index contributed by atoms with van der Waals surface area (Å²) in [5.74, 6) is 0.593. The van der Waals surface area contributed by atoms with Gasteiger partial charge in [-0.1, -0.05) is 0 Å². The van der Waals surface area contributed by atoms with Crippen molar-refractivity contribution in [1.82, 2.24) is 10.3 Å². The number of rotatable bonds is 5. The lowest BCUT2D eigenvalue weighted by Crippen LogP contribution is -2.38. The van der Waals surface area contributed by atoms with Gasteiger partial charge in [0.15, 0.2) is 6.10 Å². The number of methoxy groups -OCH3 is 1. The number of nitrogens with zero attached hydrogens (tertiary/aromatic N) is 1. The van der Waals surface area contributed by atoms with E-state index in [1.54, 1.807) is 19.1 Å². The van der Waals surface area contributed by atoms with Crippen molar-refractivity contribution in [2.45, 2.75) is 25.7 Å². The van der Waals surface area contributed by atoms with E-state index in [-0.39, 0.29) is 6.54 Å². The maximum Gasteiger partial charge on any atom is 0.415 e. The lowest BCUT2D eigenvalue weighted by Gasteiger charge is -2.15. The molecule has 0 saturated carbocycles. The van der Waals surface area contributed by atoms with E-state index in [4.69, 9.17) is 9.84 Å². The van der Waals surface area contributed by atoms with Crippen molar-refractivity contribution in [3.8, 4) is 5.75 Å². The van der Waals surface area contributed by atoms with Crippen molar-refractivity contribution in [3.05, 3.63) is 23.5 Å². The monoisotopic (exact) mass is 264 g/mol. The van der Waals surface area contributed by atoms with Crippen molar-refractivity contribution in [2.24, 2.45) is 0 Å². The number of halogens is 3. The smallest absolute Gasteiger partial charge is 0.415 e. The Morgan fingerprint density at radius 3 is 2.67 bits per heavy atom. The second-order valence-corrected chi connectivity index (χ2v) is 3.83. The zero-order valence-electron chi connectivity index (χ0n) is 10.1. The zero-order valence-corrected chi connectivity index (χ0v) is 10.1. The number of pyridine rings is 1. The Kier molecular flexibility index (Phi) is 4.92. The van der Waals surface area contributed by atoms with E-state index in [2.05, 4.69) is 10.3 Å². The molecule has 1 atom stereocenters. The number of alkyl halides is 3. The van der Waals surface area contributed by atoms with Crippen LogP contribution in [0.15, 0.2) is 12.1 Å². The molecule has 1 aromatic heterocycles. The average Bonchev–Trinajstić information content (AvgIpc) is 2.26. The Morgan fingerprint density at radius 1 is 1.44 bits per heavy atom. The molecule has 0 aliphatic heterocycles. The van der Waals surface area contributed by atoms with Gasteiger partial charge in [0.25, 0.3) is 0 Å². The quantitative estimate of drug-likeness (QED) is 0.844. The second-order valence-electron chi connectivity index (χ2n) is 3.83. The van der Waals surface area contributed by atoms with Gasteiger partial charge in [0, 0.05) is 30.9 Å². The minimum Gasteiger partial charge on any atom is -0.497 e. The van der Waals surface area contributed by atoms with E-state index in [0.717, 1.165) is 0 Å². The predicted molar refractivity (Wildman–Crippen MR) is 59.3 cm³/mol. The van der Waals surface area contributed by atoms with Gasteiger partial charge >= 0.3 is 6.18 Å². The van der Waals surface area contributed by atoms with E-state index in [1.165, 1.54) is 7.11 Å². The third kappa shape index (κ3) is 4.50. The van der Waals surface area contributed by atoms with Crippen molar-refractivity contribution in [3.63, 3.8) is 0 Å². The Labute approximate surface area is 103 Å². The number of nitrogens with one attached hydrogen (secondary N) is 1. The van der Waals surface area contributed by atoms with Crippen LogP contribution in [0.1, 0.15) is 11.4 Å². The summed E-state index contributed by atoms with van der Waals surface area (Å²) < 4.78 is 41.1. The number of hydrogen-bond acceptors (Lipinski definition) is 4. The summed E-state index contributed by atoms with van der Waals surface area (Å²) in [6.07, 6.45) is -6.98. The summed E-state index contributed by atoms with van der Waals surface area (Å²) in [4.78, 5) is 4.14. The summed E-state index contributed by atoms with van der Waals surface area (Å²) in [5.41, 5.74) is 1.27. The molecule has 0 aliphatic carbocycles. The fourth-order valence-electron chi connectivity index (χ4n) is 1.36. The van der Waals surface area contributed by atoms with Gasteiger partial charge in [0.2, 0.25) is 0 Å². The average molecular weight is 264 g/mol. The standard InChI is InChI=1S/C11H15F3N2O2/c1-7-3-9(18-2)4-8(16-7)5-15-6-10(17)11(12,13)14/h3-4,10,15,17H,5-6H2,1-2H3. The van der Waals surface area contributed by atoms with E-state index < -0.39 is 18.8 Å². The van der Waals surface area contributed by atoms with Crippen LogP contribution in [0.25, 0.3) is 0 Å². The van der Waals surface area contributed by atoms with Gasteiger partial charge in [-0.3, -0.25) is 4.98 Å². The normalized spacial score (nSPS) is 13.4. The van der Waals surface area contributed by atoms with Gasteiger partial charge in [-0.2, -0.15) is 13.2 Å². The molecule has 0 aliphatic rings. The molecule has 7 heteroatoms. The first kappa shape index (κ1) is 14.7. The highest BCUT2D eigenvalue weighted by Crippen LogP contribution is 2.19. The molecule has 0 aromatic carbocycles. The van der Waals surface area contributed by atoms with Gasteiger partial charge in [-0.25, -0.2) is 0 Å². The van der Waals surface area contributed by atoms with Gasteiger partial charge in [-0.15, -0.1) is 0 Å². The fraction of sp³-hybridized carbons (Fsp3) is 0.545. The lowest BCUT2D eigenvalue weighted by molar-refractivity contribution is -0.201. The number of aromatic nitrogens is 1. The van der Waals surface area contributed by atoms with Gasteiger partial charge in [0.1, 0.15) is 5.75 Å². The molecule has 1 aromatic rings. The summed E-state index contributed by atoms with van der Waals surface area (Å²) in [7, 11) is 1.50. The molecule has 102 valence electrons.